The molecule has 6 heteroatoms. The van der Waals surface area contributed by atoms with Gasteiger partial charge in [-0.05, 0) is 13.0 Å². The van der Waals surface area contributed by atoms with E-state index >= 15 is 0 Å². The third-order valence-electron chi connectivity index (χ3n) is 3.26. The first-order chi connectivity index (χ1) is 10.5. The minimum absolute atomic E-state index is 0.00682. The minimum atomic E-state index is -0.447. The van der Waals surface area contributed by atoms with Crippen molar-refractivity contribution < 1.29 is 14.2 Å². The van der Waals surface area contributed by atoms with Crippen LogP contribution in [0.1, 0.15) is 11.3 Å². The van der Waals surface area contributed by atoms with Gasteiger partial charge in [0.2, 0.25) is 0 Å². The van der Waals surface area contributed by atoms with Crippen LogP contribution in [0.15, 0.2) is 23.0 Å². The van der Waals surface area contributed by atoms with Crippen LogP contribution < -0.4 is 19.8 Å². The largest absolute Gasteiger partial charge is 0.496 e. The fourth-order valence-electron chi connectivity index (χ4n) is 2.27. The first-order valence-electron chi connectivity index (χ1n) is 6.50. The van der Waals surface area contributed by atoms with Gasteiger partial charge in [-0.2, -0.15) is 5.26 Å². The molecule has 0 aliphatic rings. The normalized spacial score (nSPS) is 9.95. The molecule has 0 spiro atoms. The second kappa shape index (κ2) is 6.22. The van der Waals surface area contributed by atoms with Gasteiger partial charge in [0.1, 0.15) is 28.9 Å². The van der Waals surface area contributed by atoms with E-state index in [1.165, 1.54) is 21.3 Å². The maximum Gasteiger partial charge on any atom is 0.266 e. The van der Waals surface area contributed by atoms with Gasteiger partial charge in [0, 0.05) is 23.4 Å². The third kappa shape index (κ3) is 2.61. The molecule has 114 valence electrons. The molecule has 1 aromatic heterocycles. The van der Waals surface area contributed by atoms with Gasteiger partial charge in [0.25, 0.3) is 5.56 Å². The molecule has 1 N–H and O–H groups in total. The Bertz CT molecular complexity index is 778. The van der Waals surface area contributed by atoms with Crippen LogP contribution in [-0.2, 0) is 0 Å². The highest BCUT2D eigenvalue weighted by Crippen LogP contribution is 2.42. The molecule has 1 aromatic carbocycles. The van der Waals surface area contributed by atoms with E-state index in [4.69, 9.17) is 14.2 Å². The maximum atomic E-state index is 12.0. The summed E-state index contributed by atoms with van der Waals surface area (Å²) in [6.07, 6.45) is 0. The molecule has 0 atom stereocenters. The first-order valence-corrected chi connectivity index (χ1v) is 6.50. The van der Waals surface area contributed by atoms with Crippen LogP contribution in [0.25, 0.3) is 11.1 Å². The molecule has 0 unspecified atom stereocenters. The number of H-pyrrole nitrogens is 1. The van der Waals surface area contributed by atoms with Gasteiger partial charge in [-0.15, -0.1) is 0 Å². The van der Waals surface area contributed by atoms with E-state index in [1.807, 2.05) is 6.07 Å². The standard InChI is InChI=1S/C16H16N2O4/c1-9-5-11(12(8-17)16(19)18-9)15-13(21-3)6-10(20-2)7-14(15)22-4/h5-7H,1-4H3,(H,18,19). The van der Waals surface area contributed by atoms with Crippen molar-refractivity contribution in [3.63, 3.8) is 0 Å². The van der Waals surface area contributed by atoms with Crippen LogP contribution in [0.5, 0.6) is 17.2 Å². The number of rotatable bonds is 4. The Morgan fingerprint density at radius 2 is 1.64 bits per heavy atom. The van der Waals surface area contributed by atoms with Crippen LogP contribution in [0.4, 0.5) is 0 Å². The molecule has 0 aliphatic heterocycles. The second-order valence-electron chi connectivity index (χ2n) is 4.59. The van der Waals surface area contributed by atoms with Crippen LogP contribution >= 0.6 is 0 Å². The lowest BCUT2D eigenvalue weighted by Gasteiger charge is -2.16. The molecule has 2 aromatic rings. The number of benzene rings is 1. The summed E-state index contributed by atoms with van der Waals surface area (Å²) in [6.45, 7) is 1.74. The molecule has 0 saturated carbocycles. The number of aromatic amines is 1. The minimum Gasteiger partial charge on any atom is -0.496 e. The molecule has 0 radical (unpaired) electrons. The van der Waals surface area contributed by atoms with Gasteiger partial charge in [0.15, 0.2) is 0 Å². The monoisotopic (exact) mass is 300 g/mol. The summed E-state index contributed by atoms with van der Waals surface area (Å²) < 4.78 is 16.0. The lowest BCUT2D eigenvalue weighted by atomic mass is 9.98. The molecule has 0 fully saturated rings. The van der Waals surface area contributed by atoms with Crippen molar-refractivity contribution in [2.75, 3.05) is 21.3 Å². The quantitative estimate of drug-likeness (QED) is 0.936. The van der Waals surface area contributed by atoms with Crippen molar-refractivity contribution in [3.05, 3.63) is 39.8 Å². The van der Waals surface area contributed by atoms with E-state index in [0.717, 1.165) is 0 Å². The van der Waals surface area contributed by atoms with Gasteiger partial charge >= 0.3 is 0 Å². The SMILES string of the molecule is COc1cc(OC)c(-c2cc(C)[nH]c(=O)c2C#N)c(OC)c1. The number of nitrogens with zero attached hydrogens (tertiary/aromatic N) is 1. The molecular weight excluding hydrogens is 284 g/mol. The topological polar surface area (TPSA) is 84.3 Å². The summed E-state index contributed by atoms with van der Waals surface area (Å²) in [5, 5.41) is 9.30. The van der Waals surface area contributed by atoms with Gasteiger partial charge < -0.3 is 19.2 Å². The summed E-state index contributed by atoms with van der Waals surface area (Å²) in [6, 6.07) is 7.00. The zero-order valence-electron chi connectivity index (χ0n) is 12.8. The Morgan fingerprint density at radius 3 is 2.09 bits per heavy atom. The number of aryl methyl sites for hydroxylation is 1. The van der Waals surface area contributed by atoms with Crippen molar-refractivity contribution in [2.24, 2.45) is 0 Å². The van der Waals surface area contributed by atoms with E-state index in [2.05, 4.69) is 4.98 Å². The van der Waals surface area contributed by atoms with Crippen molar-refractivity contribution in [2.45, 2.75) is 6.92 Å². The Morgan fingerprint density at radius 1 is 1.05 bits per heavy atom. The van der Waals surface area contributed by atoms with E-state index in [0.29, 0.717) is 34.1 Å². The average Bonchev–Trinajstić information content (AvgIpc) is 2.52. The highest BCUT2D eigenvalue weighted by Gasteiger charge is 2.20. The molecule has 1 heterocycles. The van der Waals surface area contributed by atoms with Gasteiger partial charge in [-0.25, -0.2) is 0 Å². The first kappa shape index (κ1) is 15.4. The summed E-state index contributed by atoms with van der Waals surface area (Å²) >= 11 is 0. The zero-order valence-corrected chi connectivity index (χ0v) is 12.8. The highest BCUT2D eigenvalue weighted by molar-refractivity contribution is 5.82. The van der Waals surface area contributed by atoms with Gasteiger partial charge in [-0.1, -0.05) is 0 Å². The van der Waals surface area contributed by atoms with Crippen LogP contribution in [-0.4, -0.2) is 26.3 Å². The van der Waals surface area contributed by atoms with Crippen molar-refractivity contribution in [3.8, 4) is 34.4 Å². The summed E-state index contributed by atoms with van der Waals surface area (Å²) in [5.74, 6) is 1.47. The van der Waals surface area contributed by atoms with Gasteiger partial charge in [0.05, 0.1) is 26.9 Å². The zero-order chi connectivity index (χ0) is 16.3. The molecule has 6 nitrogen and oxygen atoms in total. The van der Waals surface area contributed by atoms with Crippen molar-refractivity contribution >= 4 is 0 Å². The van der Waals surface area contributed by atoms with E-state index in [-0.39, 0.29) is 5.56 Å². The van der Waals surface area contributed by atoms with E-state index in [1.54, 1.807) is 25.1 Å². The smallest absolute Gasteiger partial charge is 0.266 e. The maximum absolute atomic E-state index is 12.0. The predicted molar refractivity (Wildman–Crippen MR) is 81.6 cm³/mol. The lowest BCUT2D eigenvalue weighted by Crippen LogP contribution is -2.13. The molecule has 0 bridgehead atoms. The molecule has 0 amide bonds. The molecule has 22 heavy (non-hydrogen) atoms. The van der Waals surface area contributed by atoms with Crippen molar-refractivity contribution in [1.29, 1.82) is 5.26 Å². The van der Waals surface area contributed by atoms with Crippen LogP contribution in [0, 0.1) is 18.3 Å². The fourth-order valence-corrected chi connectivity index (χ4v) is 2.27. The van der Waals surface area contributed by atoms with E-state index in [9.17, 15) is 10.1 Å². The number of hydrogen-bond donors (Lipinski definition) is 1. The van der Waals surface area contributed by atoms with Gasteiger partial charge in [-0.3, -0.25) is 4.79 Å². The predicted octanol–water partition coefficient (Wildman–Crippen LogP) is 2.25. The molecule has 2 rings (SSSR count). The summed E-state index contributed by atoms with van der Waals surface area (Å²) in [7, 11) is 4.54. The number of methoxy groups -OCH3 is 3. The Hall–Kier alpha value is -2.94. The number of nitrogens with one attached hydrogen (secondary N) is 1. The second-order valence-corrected chi connectivity index (χ2v) is 4.59. The number of ether oxygens (including phenoxy) is 3. The Labute approximate surface area is 127 Å². The third-order valence-corrected chi connectivity index (χ3v) is 3.26. The fraction of sp³-hybridized carbons (Fsp3) is 0.250. The number of aromatic nitrogens is 1. The summed E-state index contributed by atoms with van der Waals surface area (Å²) in [5.41, 5.74) is 1.19. The Kier molecular flexibility index (Phi) is 4.37. The highest BCUT2D eigenvalue weighted by atomic mass is 16.5. The number of pyridine rings is 1. The van der Waals surface area contributed by atoms with Crippen LogP contribution in [0.3, 0.4) is 0 Å². The average molecular weight is 300 g/mol. The number of hydrogen-bond acceptors (Lipinski definition) is 5. The molecular formula is C16H16N2O4. The Balaban J connectivity index is 2.89. The molecule has 0 saturated heterocycles. The molecule has 0 aliphatic carbocycles. The number of nitriles is 1. The van der Waals surface area contributed by atoms with Crippen molar-refractivity contribution in [1.82, 2.24) is 4.98 Å². The summed E-state index contributed by atoms with van der Waals surface area (Å²) in [4.78, 5) is 14.6. The van der Waals surface area contributed by atoms with Crippen LogP contribution in [0.2, 0.25) is 0 Å². The van der Waals surface area contributed by atoms with E-state index < -0.39 is 5.56 Å². The lowest BCUT2D eigenvalue weighted by molar-refractivity contribution is 0.377.